The molecule has 1 heterocycles. The van der Waals surface area contributed by atoms with E-state index >= 15 is 0 Å². The van der Waals surface area contributed by atoms with Crippen LogP contribution in [0.3, 0.4) is 0 Å². The van der Waals surface area contributed by atoms with Crippen LogP contribution < -0.4 is 11.2 Å². The van der Waals surface area contributed by atoms with Crippen LogP contribution in [0.5, 0.6) is 0 Å². The molecule has 1 aliphatic heterocycles. The summed E-state index contributed by atoms with van der Waals surface area (Å²) in [7, 11) is 1.57. The van der Waals surface area contributed by atoms with Crippen molar-refractivity contribution in [3.63, 3.8) is 0 Å². The molecule has 4 nitrogen and oxygen atoms in total. The molecule has 2 rings (SSSR count). The number of nitrogens with two attached hydrogens (primary N) is 1. The number of rotatable bonds is 1. The quantitative estimate of drug-likeness (QED) is 0.465. The van der Waals surface area contributed by atoms with Gasteiger partial charge in [-0.05, 0) is 24.3 Å². The fourth-order valence-electron chi connectivity index (χ4n) is 1.96. The maximum absolute atomic E-state index is 7.51. The molecular formula is C15H28N4. The Labute approximate surface area is 118 Å². The Morgan fingerprint density at radius 3 is 2.16 bits per heavy atom. The van der Waals surface area contributed by atoms with E-state index in [-0.39, 0.29) is 1.43 Å². The summed E-state index contributed by atoms with van der Waals surface area (Å²) >= 11 is 0. The number of hydrogen-bond acceptors (Lipinski definition) is 4. The molecule has 19 heavy (non-hydrogen) atoms. The first-order valence-corrected chi connectivity index (χ1v) is 6.88. The Morgan fingerprint density at radius 2 is 1.74 bits per heavy atom. The summed E-state index contributed by atoms with van der Waals surface area (Å²) in [5, 5.41) is 11.7. The van der Waals surface area contributed by atoms with Crippen molar-refractivity contribution in [1.82, 2.24) is 10.3 Å². The third-order valence-electron chi connectivity index (χ3n) is 2.91. The van der Waals surface area contributed by atoms with Gasteiger partial charge in [0.25, 0.3) is 0 Å². The lowest BCUT2D eigenvalue weighted by Gasteiger charge is -2.28. The molecule has 0 bridgehead atoms. The number of nitrogens with zero attached hydrogens (tertiary/aromatic N) is 2. The van der Waals surface area contributed by atoms with E-state index in [1.807, 2.05) is 18.9 Å². The van der Waals surface area contributed by atoms with Crippen molar-refractivity contribution in [3.05, 3.63) is 35.9 Å². The predicted octanol–water partition coefficient (Wildman–Crippen LogP) is 2.70. The molecule has 1 aromatic rings. The van der Waals surface area contributed by atoms with Gasteiger partial charge in [0.15, 0.2) is 6.19 Å². The van der Waals surface area contributed by atoms with E-state index in [0.717, 1.165) is 19.0 Å². The normalized spacial score (nSPS) is 15.1. The van der Waals surface area contributed by atoms with Crippen molar-refractivity contribution >= 4 is 0 Å². The fourth-order valence-corrected chi connectivity index (χ4v) is 1.96. The van der Waals surface area contributed by atoms with Crippen LogP contribution in [0.15, 0.2) is 30.3 Å². The Hall–Kier alpha value is -1.57. The van der Waals surface area contributed by atoms with Crippen LogP contribution in [0.1, 0.15) is 39.6 Å². The Bertz CT molecular complexity index is 343. The van der Waals surface area contributed by atoms with Gasteiger partial charge in [0.1, 0.15) is 0 Å². The van der Waals surface area contributed by atoms with Crippen LogP contribution in [0.25, 0.3) is 0 Å². The minimum Gasteiger partial charge on any atom is -0.327 e. The fraction of sp³-hybridized carbons (Fsp3) is 0.533. The molecule has 1 aliphatic rings. The van der Waals surface area contributed by atoms with E-state index < -0.39 is 0 Å². The van der Waals surface area contributed by atoms with Crippen LogP contribution in [0.2, 0.25) is 0 Å². The molecule has 1 saturated heterocycles. The molecule has 0 spiro atoms. The van der Waals surface area contributed by atoms with E-state index in [0.29, 0.717) is 0 Å². The van der Waals surface area contributed by atoms with Gasteiger partial charge in [-0.1, -0.05) is 44.2 Å². The third-order valence-corrected chi connectivity index (χ3v) is 2.91. The van der Waals surface area contributed by atoms with Gasteiger partial charge in [-0.2, -0.15) is 5.26 Å². The largest absolute Gasteiger partial charge is 0.327 e. The van der Waals surface area contributed by atoms with Gasteiger partial charge in [0.2, 0.25) is 0 Å². The van der Waals surface area contributed by atoms with Crippen molar-refractivity contribution in [3.8, 4) is 6.19 Å². The highest BCUT2D eigenvalue weighted by Gasteiger charge is 2.17. The first kappa shape index (κ1) is 17.4. The smallest absolute Gasteiger partial charge is 0.176 e. The molecule has 0 saturated carbocycles. The van der Waals surface area contributed by atoms with Crippen LogP contribution in [-0.4, -0.2) is 25.1 Å². The van der Waals surface area contributed by atoms with Gasteiger partial charge >= 0.3 is 0 Å². The second-order valence-electron chi connectivity index (χ2n) is 4.08. The zero-order valence-electron chi connectivity index (χ0n) is 12.3. The van der Waals surface area contributed by atoms with E-state index in [9.17, 15) is 0 Å². The summed E-state index contributed by atoms with van der Waals surface area (Å²) < 4.78 is 0. The molecular weight excluding hydrogens is 236 g/mol. The van der Waals surface area contributed by atoms with Gasteiger partial charge < -0.3 is 5.32 Å². The average molecular weight is 264 g/mol. The van der Waals surface area contributed by atoms with E-state index in [1.54, 1.807) is 13.2 Å². The lowest BCUT2D eigenvalue weighted by molar-refractivity contribution is 0.217. The lowest BCUT2D eigenvalue weighted by atomic mass is 9.90. The number of hydrogen-bond donors (Lipinski definition) is 2. The van der Waals surface area contributed by atoms with Crippen molar-refractivity contribution in [2.24, 2.45) is 5.84 Å². The second-order valence-corrected chi connectivity index (χ2v) is 4.08. The molecule has 108 valence electrons. The minimum absolute atomic E-state index is 0. The molecule has 0 radical (unpaired) electrons. The molecule has 1 aromatic carbocycles. The third kappa shape index (κ3) is 7.45. The van der Waals surface area contributed by atoms with Crippen LogP contribution in [0, 0.1) is 11.5 Å². The molecule has 0 atom stereocenters. The second kappa shape index (κ2) is 11.5. The van der Waals surface area contributed by atoms with Gasteiger partial charge in [0.05, 0.1) is 0 Å². The van der Waals surface area contributed by atoms with Gasteiger partial charge in [0, 0.05) is 21.6 Å². The monoisotopic (exact) mass is 264 g/mol. The first-order chi connectivity index (χ1) is 9.27. The number of nitrogens with one attached hydrogen (secondary N) is 1. The highest BCUT2D eigenvalue weighted by Crippen LogP contribution is 2.26. The SMILES string of the molecule is CC.CNC#N.NN1CCC(c2ccccc2)CC1.[HH]. The average Bonchev–Trinajstić information content (AvgIpc) is 2.51. The summed E-state index contributed by atoms with van der Waals surface area (Å²) in [4.78, 5) is 0. The number of hydrazine groups is 1. The lowest BCUT2D eigenvalue weighted by Crippen LogP contribution is -2.38. The van der Waals surface area contributed by atoms with Crippen LogP contribution >= 0.6 is 0 Å². The summed E-state index contributed by atoms with van der Waals surface area (Å²) in [6.45, 7) is 6.05. The maximum atomic E-state index is 7.51. The molecule has 0 amide bonds. The molecule has 1 fully saturated rings. The van der Waals surface area contributed by atoms with Crippen LogP contribution in [-0.2, 0) is 0 Å². The van der Waals surface area contributed by atoms with E-state index in [4.69, 9.17) is 11.1 Å². The summed E-state index contributed by atoms with van der Waals surface area (Å²) in [5.41, 5.74) is 1.47. The standard InChI is InChI=1S/C11H16N2.C2H4N2.C2H6.H2/c12-13-8-6-11(7-9-13)10-4-2-1-3-5-10;1-4-2-3;1-2;/h1-5,11H,6-9,12H2;4H,1H3;1-2H3;1H. The molecule has 0 aliphatic carbocycles. The Balaban J connectivity index is 0. The van der Waals surface area contributed by atoms with Gasteiger partial charge in [-0.25, -0.2) is 5.01 Å². The van der Waals surface area contributed by atoms with Crippen molar-refractivity contribution in [1.29, 1.82) is 5.26 Å². The summed E-state index contributed by atoms with van der Waals surface area (Å²) in [6.07, 6.45) is 4.07. The molecule has 4 heteroatoms. The number of piperidine rings is 1. The minimum atomic E-state index is 0. The zero-order chi connectivity index (χ0) is 14.5. The number of benzene rings is 1. The van der Waals surface area contributed by atoms with Gasteiger partial charge in [-0.3, -0.25) is 5.84 Å². The topological polar surface area (TPSA) is 65.1 Å². The first-order valence-electron chi connectivity index (χ1n) is 6.88. The molecule has 0 aromatic heterocycles. The Kier molecular flexibility index (Phi) is 10.6. The Morgan fingerprint density at radius 1 is 1.26 bits per heavy atom. The van der Waals surface area contributed by atoms with Gasteiger partial charge in [-0.15, -0.1) is 0 Å². The summed E-state index contributed by atoms with van der Waals surface area (Å²) in [6, 6.07) is 10.7. The molecule has 0 unspecified atom stereocenters. The molecule has 3 N–H and O–H groups in total. The maximum Gasteiger partial charge on any atom is 0.176 e. The van der Waals surface area contributed by atoms with Crippen molar-refractivity contribution in [2.45, 2.75) is 32.6 Å². The number of nitriles is 1. The van der Waals surface area contributed by atoms with E-state index in [2.05, 4.69) is 35.6 Å². The van der Waals surface area contributed by atoms with Crippen LogP contribution in [0.4, 0.5) is 0 Å². The van der Waals surface area contributed by atoms with E-state index in [1.165, 1.54) is 18.4 Å². The zero-order valence-corrected chi connectivity index (χ0v) is 12.3. The highest BCUT2D eigenvalue weighted by atomic mass is 15.4. The predicted molar refractivity (Wildman–Crippen MR) is 82.3 cm³/mol. The summed E-state index contributed by atoms with van der Waals surface area (Å²) in [5.74, 6) is 6.43. The van der Waals surface area contributed by atoms with Crippen molar-refractivity contribution in [2.75, 3.05) is 20.1 Å². The van der Waals surface area contributed by atoms with Crippen molar-refractivity contribution < 1.29 is 1.43 Å². The highest BCUT2D eigenvalue weighted by molar-refractivity contribution is 5.19.